The Hall–Kier alpha value is -0.570. The van der Waals surface area contributed by atoms with Crippen LogP contribution in [0.5, 0.6) is 0 Å². The van der Waals surface area contributed by atoms with Gasteiger partial charge in [0, 0.05) is 6.04 Å². The molecule has 3 heteroatoms. The van der Waals surface area contributed by atoms with Gasteiger partial charge in [-0.15, -0.1) is 0 Å². The zero-order chi connectivity index (χ0) is 7.78. The Morgan fingerprint density at radius 1 is 1.80 bits per heavy atom. The highest BCUT2D eigenvalue weighted by molar-refractivity contribution is 5.75. The molecule has 0 aromatic carbocycles. The van der Waals surface area contributed by atoms with Crippen molar-refractivity contribution < 1.29 is 9.90 Å². The van der Waals surface area contributed by atoms with Crippen molar-refractivity contribution in [2.75, 3.05) is 0 Å². The van der Waals surface area contributed by atoms with Crippen LogP contribution in [0, 0.1) is 5.41 Å². The fourth-order valence-corrected chi connectivity index (χ4v) is 1.46. The SMILES string of the molecule is C[C@]1(C(=O)O)CCC[C@@H]1N. The maximum atomic E-state index is 10.7. The number of carboxylic acid groups (broad SMARTS) is 1. The topological polar surface area (TPSA) is 63.3 Å². The van der Waals surface area contributed by atoms with E-state index in [1.807, 2.05) is 0 Å². The Balaban J connectivity index is 2.75. The first-order chi connectivity index (χ1) is 4.57. The molecule has 1 aliphatic rings. The molecule has 0 amide bonds. The summed E-state index contributed by atoms with van der Waals surface area (Å²) in [4.78, 5) is 10.7. The third-order valence-corrected chi connectivity index (χ3v) is 2.52. The maximum absolute atomic E-state index is 10.7. The molecule has 10 heavy (non-hydrogen) atoms. The van der Waals surface area contributed by atoms with Gasteiger partial charge in [-0.25, -0.2) is 0 Å². The minimum absolute atomic E-state index is 0.148. The van der Waals surface area contributed by atoms with Crippen LogP contribution < -0.4 is 5.73 Å². The fraction of sp³-hybridized carbons (Fsp3) is 0.857. The van der Waals surface area contributed by atoms with Crippen LogP contribution in [0.2, 0.25) is 0 Å². The molecule has 1 saturated carbocycles. The lowest BCUT2D eigenvalue weighted by molar-refractivity contribution is -0.148. The molecule has 0 aliphatic heterocycles. The number of rotatable bonds is 1. The van der Waals surface area contributed by atoms with Crippen LogP contribution >= 0.6 is 0 Å². The molecule has 58 valence electrons. The third-order valence-electron chi connectivity index (χ3n) is 2.52. The molecule has 1 fully saturated rings. The fourth-order valence-electron chi connectivity index (χ4n) is 1.46. The quantitative estimate of drug-likeness (QED) is 0.564. The van der Waals surface area contributed by atoms with Crippen molar-refractivity contribution in [3.05, 3.63) is 0 Å². The smallest absolute Gasteiger partial charge is 0.310 e. The van der Waals surface area contributed by atoms with E-state index in [-0.39, 0.29) is 6.04 Å². The van der Waals surface area contributed by atoms with Crippen LogP contribution in [-0.2, 0) is 4.79 Å². The molecule has 3 nitrogen and oxygen atoms in total. The monoisotopic (exact) mass is 143 g/mol. The van der Waals surface area contributed by atoms with E-state index in [1.165, 1.54) is 0 Å². The largest absolute Gasteiger partial charge is 0.481 e. The zero-order valence-electron chi connectivity index (χ0n) is 6.13. The van der Waals surface area contributed by atoms with E-state index in [0.717, 1.165) is 19.3 Å². The van der Waals surface area contributed by atoms with Gasteiger partial charge in [-0.05, 0) is 19.8 Å². The lowest BCUT2D eigenvalue weighted by Crippen LogP contribution is -2.40. The van der Waals surface area contributed by atoms with Gasteiger partial charge < -0.3 is 10.8 Å². The van der Waals surface area contributed by atoms with Gasteiger partial charge in [-0.1, -0.05) is 6.42 Å². The number of nitrogens with two attached hydrogens (primary N) is 1. The predicted molar refractivity (Wildman–Crippen MR) is 37.6 cm³/mol. The van der Waals surface area contributed by atoms with Crippen LogP contribution in [0.1, 0.15) is 26.2 Å². The van der Waals surface area contributed by atoms with E-state index in [1.54, 1.807) is 6.92 Å². The van der Waals surface area contributed by atoms with Gasteiger partial charge in [0.05, 0.1) is 5.41 Å². The van der Waals surface area contributed by atoms with Gasteiger partial charge in [-0.2, -0.15) is 0 Å². The molecule has 1 rings (SSSR count). The van der Waals surface area contributed by atoms with Crippen LogP contribution in [0.25, 0.3) is 0 Å². The average molecular weight is 143 g/mol. The number of aliphatic carboxylic acids is 1. The Kier molecular flexibility index (Phi) is 1.68. The van der Waals surface area contributed by atoms with Crippen LogP contribution in [-0.4, -0.2) is 17.1 Å². The van der Waals surface area contributed by atoms with Gasteiger partial charge in [0.25, 0.3) is 0 Å². The normalized spacial score (nSPS) is 40.0. The first kappa shape index (κ1) is 7.54. The summed E-state index contributed by atoms with van der Waals surface area (Å²) >= 11 is 0. The van der Waals surface area contributed by atoms with Gasteiger partial charge in [-0.3, -0.25) is 4.79 Å². The second-order valence-corrected chi connectivity index (χ2v) is 3.22. The van der Waals surface area contributed by atoms with Crippen LogP contribution in [0.3, 0.4) is 0 Å². The summed E-state index contributed by atoms with van der Waals surface area (Å²) < 4.78 is 0. The number of hydrogen-bond donors (Lipinski definition) is 2. The highest BCUT2D eigenvalue weighted by Gasteiger charge is 2.42. The molecule has 0 radical (unpaired) electrons. The van der Waals surface area contributed by atoms with Gasteiger partial charge >= 0.3 is 5.97 Å². The maximum Gasteiger partial charge on any atom is 0.310 e. The van der Waals surface area contributed by atoms with Crippen molar-refractivity contribution >= 4 is 5.97 Å². The highest BCUT2D eigenvalue weighted by atomic mass is 16.4. The van der Waals surface area contributed by atoms with Crippen LogP contribution in [0.15, 0.2) is 0 Å². The van der Waals surface area contributed by atoms with E-state index in [2.05, 4.69) is 0 Å². The summed E-state index contributed by atoms with van der Waals surface area (Å²) in [5.41, 5.74) is 4.98. The van der Waals surface area contributed by atoms with Crippen molar-refractivity contribution in [1.82, 2.24) is 0 Å². The predicted octanol–water partition coefficient (Wildman–Crippen LogP) is 0.589. The molecule has 2 atom stereocenters. The van der Waals surface area contributed by atoms with Crippen molar-refractivity contribution in [3.8, 4) is 0 Å². The van der Waals surface area contributed by atoms with Crippen molar-refractivity contribution in [1.29, 1.82) is 0 Å². The summed E-state index contributed by atoms with van der Waals surface area (Å²) in [5.74, 6) is -0.752. The van der Waals surface area contributed by atoms with Crippen molar-refractivity contribution in [2.45, 2.75) is 32.2 Å². The first-order valence-electron chi connectivity index (χ1n) is 3.56. The third kappa shape index (κ3) is 0.904. The van der Waals surface area contributed by atoms with E-state index in [4.69, 9.17) is 10.8 Å². The highest BCUT2D eigenvalue weighted by Crippen LogP contribution is 2.36. The standard InChI is InChI=1S/C7H13NO2/c1-7(6(9)10)4-2-3-5(7)8/h5H,2-4,8H2,1H3,(H,9,10)/t5-,7-/m0/s1. The summed E-state index contributed by atoms with van der Waals surface area (Å²) in [6.45, 7) is 1.73. The van der Waals surface area contributed by atoms with Gasteiger partial charge in [0.1, 0.15) is 0 Å². The molecule has 0 bridgehead atoms. The molecule has 0 spiro atoms. The average Bonchev–Trinajstić information content (AvgIpc) is 2.15. The van der Waals surface area contributed by atoms with E-state index < -0.39 is 11.4 Å². The molecule has 0 aromatic heterocycles. The Labute approximate surface area is 60.2 Å². The lowest BCUT2D eigenvalue weighted by Gasteiger charge is -2.22. The molecule has 0 unspecified atom stereocenters. The second kappa shape index (κ2) is 2.23. The van der Waals surface area contributed by atoms with E-state index in [9.17, 15) is 4.79 Å². The lowest BCUT2D eigenvalue weighted by atomic mass is 9.86. The molecule has 3 N–H and O–H groups in total. The molecule has 0 aromatic rings. The zero-order valence-corrected chi connectivity index (χ0v) is 6.13. The molecule has 1 aliphatic carbocycles. The van der Waals surface area contributed by atoms with Crippen LogP contribution in [0.4, 0.5) is 0 Å². The number of carbonyl (C=O) groups is 1. The summed E-state index contributed by atoms with van der Waals surface area (Å²) in [5, 5.41) is 8.76. The van der Waals surface area contributed by atoms with Crippen molar-refractivity contribution in [2.24, 2.45) is 11.1 Å². The minimum Gasteiger partial charge on any atom is -0.481 e. The number of carboxylic acids is 1. The molecule has 0 saturated heterocycles. The Bertz CT molecular complexity index is 158. The number of hydrogen-bond acceptors (Lipinski definition) is 2. The Morgan fingerprint density at radius 3 is 2.60 bits per heavy atom. The minimum atomic E-state index is -0.752. The first-order valence-corrected chi connectivity index (χ1v) is 3.56. The summed E-state index contributed by atoms with van der Waals surface area (Å²) in [6, 6.07) is -0.148. The molecular formula is C7H13NO2. The second-order valence-electron chi connectivity index (χ2n) is 3.22. The summed E-state index contributed by atoms with van der Waals surface area (Å²) in [6.07, 6.45) is 2.52. The van der Waals surface area contributed by atoms with Gasteiger partial charge in [0.15, 0.2) is 0 Å². The molecule has 0 heterocycles. The van der Waals surface area contributed by atoms with E-state index in [0.29, 0.717) is 0 Å². The van der Waals surface area contributed by atoms with Crippen molar-refractivity contribution in [3.63, 3.8) is 0 Å². The summed E-state index contributed by atoms with van der Waals surface area (Å²) in [7, 11) is 0. The molecular weight excluding hydrogens is 130 g/mol. The van der Waals surface area contributed by atoms with E-state index >= 15 is 0 Å². The van der Waals surface area contributed by atoms with Gasteiger partial charge in [0.2, 0.25) is 0 Å². The Morgan fingerprint density at radius 2 is 2.40 bits per heavy atom.